The van der Waals surface area contributed by atoms with Crippen molar-refractivity contribution in [3.8, 4) is 5.75 Å². The van der Waals surface area contributed by atoms with Crippen molar-refractivity contribution in [3.05, 3.63) is 29.3 Å². The van der Waals surface area contributed by atoms with Crippen LogP contribution in [0.3, 0.4) is 0 Å². The first kappa shape index (κ1) is 8.26. The second-order valence-electron chi connectivity index (χ2n) is 2.93. The first-order valence-electron chi connectivity index (χ1n) is 4.21. The molecule has 0 spiro atoms. The Morgan fingerprint density at radius 3 is 3.15 bits per heavy atom. The summed E-state index contributed by atoms with van der Waals surface area (Å²) in [6.45, 7) is 0.592. The molecule has 0 aliphatic carbocycles. The van der Waals surface area contributed by atoms with E-state index in [2.05, 4.69) is 0 Å². The summed E-state index contributed by atoms with van der Waals surface area (Å²) < 4.78 is 0. The summed E-state index contributed by atoms with van der Waals surface area (Å²) in [5, 5.41) is 0. The lowest BCUT2D eigenvalue weighted by molar-refractivity contribution is -0.203. The number of rotatable bonds is 1. The summed E-state index contributed by atoms with van der Waals surface area (Å²) in [6, 6.07) is 5.26. The molecule has 3 nitrogen and oxygen atoms in total. The zero-order chi connectivity index (χ0) is 9.10. The van der Waals surface area contributed by atoms with Crippen molar-refractivity contribution in [2.24, 2.45) is 0 Å². The van der Waals surface area contributed by atoms with Crippen LogP contribution in [-0.2, 0) is 16.1 Å². The van der Waals surface area contributed by atoms with Crippen molar-refractivity contribution >= 4 is 6.29 Å². The topological polar surface area (TPSA) is 35.5 Å². The van der Waals surface area contributed by atoms with Crippen LogP contribution in [-0.4, -0.2) is 12.9 Å². The molecule has 67 valence electrons. The van der Waals surface area contributed by atoms with Crippen molar-refractivity contribution < 1.29 is 14.6 Å². The van der Waals surface area contributed by atoms with E-state index in [9.17, 15) is 4.79 Å². The lowest BCUT2D eigenvalue weighted by atomic mass is 10.1. The molecule has 13 heavy (non-hydrogen) atoms. The molecule has 1 radical (unpaired) electrons. The van der Waals surface area contributed by atoms with Gasteiger partial charge in [-0.05, 0) is 24.5 Å². The molecule has 0 aromatic heterocycles. The van der Waals surface area contributed by atoms with Gasteiger partial charge in [0.1, 0.15) is 0 Å². The molecule has 0 saturated heterocycles. The van der Waals surface area contributed by atoms with E-state index >= 15 is 0 Å². The fraction of sp³-hybridized carbons (Fsp3) is 0.300. The van der Waals surface area contributed by atoms with E-state index in [4.69, 9.17) is 9.78 Å². The van der Waals surface area contributed by atoms with E-state index in [-0.39, 0.29) is 0 Å². The van der Waals surface area contributed by atoms with Gasteiger partial charge in [0, 0.05) is 5.56 Å². The molecule has 2 rings (SSSR count). The van der Waals surface area contributed by atoms with Gasteiger partial charge in [-0.15, -0.1) is 0 Å². The van der Waals surface area contributed by atoms with Gasteiger partial charge in [0.25, 0.3) is 0 Å². The summed E-state index contributed by atoms with van der Waals surface area (Å²) in [7, 11) is 0. The molecule has 0 fully saturated rings. The summed E-state index contributed by atoms with van der Waals surface area (Å²) in [5.74, 6) is 0.637. The Bertz CT molecular complexity index is 320. The first-order chi connectivity index (χ1) is 6.40. The fourth-order valence-electron chi connectivity index (χ4n) is 1.33. The molecule has 1 heterocycles. The average Bonchev–Trinajstić information content (AvgIpc) is 2.41. The Kier molecular flexibility index (Phi) is 2.27. The second kappa shape index (κ2) is 3.58. The van der Waals surface area contributed by atoms with Gasteiger partial charge in [-0.2, -0.15) is 4.89 Å². The fourth-order valence-corrected chi connectivity index (χ4v) is 1.33. The summed E-state index contributed by atoms with van der Waals surface area (Å²) in [4.78, 5) is 20.3. The molecule has 0 unspecified atom stereocenters. The van der Waals surface area contributed by atoms with Crippen molar-refractivity contribution in [3.63, 3.8) is 0 Å². The van der Waals surface area contributed by atoms with E-state index in [1.807, 2.05) is 12.4 Å². The highest BCUT2D eigenvalue weighted by molar-refractivity contribution is 5.76. The van der Waals surface area contributed by atoms with Crippen LogP contribution < -0.4 is 4.89 Å². The predicted octanol–water partition coefficient (Wildman–Crippen LogP) is 1.40. The van der Waals surface area contributed by atoms with Crippen LogP contribution >= 0.6 is 0 Å². The average molecular weight is 177 g/mol. The largest absolute Gasteiger partial charge is 0.337 e. The van der Waals surface area contributed by atoms with Gasteiger partial charge in [-0.1, -0.05) is 12.1 Å². The van der Waals surface area contributed by atoms with Crippen LogP contribution in [0.4, 0.5) is 0 Å². The molecule has 1 aromatic carbocycles. The number of carbonyl (C=O) groups excluding carboxylic acids is 1. The second-order valence-corrected chi connectivity index (χ2v) is 2.93. The smallest absolute Gasteiger partial charge is 0.233 e. The number of hydrogen-bond donors (Lipinski definition) is 0. The summed E-state index contributed by atoms with van der Waals surface area (Å²) in [5.41, 5.74) is 1.57. The molecule has 0 atom stereocenters. The Balaban J connectivity index is 2.37. The van der Waals surface area contributed by atoms with E-state index < -0.39 is 0 Å². The first-order valence-corrected chi connectivity index (χ1v) is 4.21. The minimum absolute atomic E-state index is 0.490. The standard InChI is InChI=1S/C10H9O3/c11-7-8-3-4-9-2-1-5-12-13-10(9)6-8/h3-4,6H,1-2,5H2. The van der Waals surface area contributed by atoms with Gasteiger partial charge >= 0.3 is 0 Å². The third kappa shape index (κ3) is 1.70. The van der Waals surface area contributed by atoms with Crippen molar-refractivity contribution in [2.45, 2.75) is 12.8 Å². The molecule has 0 N–H and O–H groups in total. The van der Waals surface area contributed by atoms with Gasteiger partial charge in [-0.3, -0.25) is 4.79 Å². The monoisotopic (exact) mass is 177 g/mol. The summed E-state index contributed by atoms with van der Waals surface area (Å²) >= 11 is 0. The zero-order valence-electron chi connectivity index (χ0n) is 7.08. The van der Waals surface area contributed by atoms with Crippen molar-refractivity contribution in [1.29, 1.82) is 0 Å². The van der Waals surface area contributed by atoms with Gasteiger partial charge in [0.05, 0.1) is 6.61 Å². The molecule has 1 aromatic rings. The van der Waals surface area contributed by atoms with Crippen molar-refractivity contribution in [2.75, 3.05) is 6.61 Å². The molecule has 3 heteroatoms. The maximum Gasteiger partial charge on any atom is 0.233 e. The highest BCUT2D eigenvalue weighted by Crippen LogP contribution is 2.23. The number of fused-ring (bicyclic) bond motifs is 1. The van der Waals surface area contributed by atoms with E-state index in [1.165, 1.54) is 0 Å². The lowest BCUT2D eigenvalue weighted by Gasteiger charge is -2.03. The maximum absolute atomic E-state index is 10.4. The Hall–Kier alpha value is -1.35. The molecule has 1 aliphatic heterocycles. The third-order valence-electron chi connectivity index (χ3n) is 2.01. The maximum atomic E-state index is 10.4. The Morgan fingerprint density at radius 2 is 2.31 bits per heavy atom. The van der Waals surface area contributed by atoms with Crippen LogP contribution in [0.25, 0.3) is 0 Å². The van der Waals surface area contributed by atoms with E-state index in [1.54, 1.807) is 12.1 Å². The quantitative estimate of drug-likeness (QED) is 0.608. The minimum atomic E-state index is 0.490. The van der Waals surface area contributed by atoms with Crippen LogP contribution in [0.15, 0.2) is 18.2 Å². The van der Waals surface area contributed by atoms with E-state index in [0.29, 0.717) is 17.9 Å². The van der Waals surface area contributed by atoms with Gasteiger partial charge in [-0.25, -0.2) is 0 Å². The highest BCUT2D eigenvalue weighted by atomic mass is 17.2. The molecular formula is C10H9O3. The Morgan fingerprint density at radius 1 is 1.38 bits per heavy atom. The molecule has 0 amide bonds. The SMILES string of the molecule is O=[C]c1ccc2c(c1)OOCCC2. The third-order valence-corrected chi connectivity index (χ3v) is 2.01. The molecule has 0 bridgehead atoms. The van der Waals surface area contributed by atoms with Gasteiger partial charge < -0.3 is 4.89 Å². The van der Waals surface area contributed by atoms with Crippen molar-refractivity contribution in [1.82, 2.24) is 0 Å². The normalized spacial score (nSPS) is 15.4. The zero-order valence-corrected chi connectivity index (χ0v) is 7.08. The number of aryl methyl sites for hydroxylation is 1. The molecule has 1 aliphatic rings. The molecule has 0 saturated carbocycles. The minimum Gasteiger partial charge on any atom is -0.337 e. The lowest BCUT2D eigenvalue weighted by Crippen LogP contribution is -1.96. The van der Waals surface area contributed by atoms with Gasteiger partial charge in [0.15, 0.2) is 5.75 Å². The number of hydrogen-bond acceptors (Lipinski definition) is 3. The predicted molar refractivity (Wildman–Crippen MR) is 46.1 cm³/mol. The highest BCUT2D eigenvalue weighted by Gasteiger charge is 2.10. The van der Waals surface area contributed by atoms with Crippen LogP contribution in [0.1, 0.15) is 17.5 Å². The van der Waals surface area contributed by atoms with Gasteiger partial charge in [0.2, 0.25) is 6.29 Å². The summed E-state index contributed by atoms with van der Waals surface area (Å²) in [6.07, 6.45) is 3.68. The molecular weight excluding hydrogens is 168 g/mol. The number of benzene rings is 1. The van der Waals surface area contributed by atoms with Crippen LogP contribution in [0.5, 0.6) is 5.75 Å². The Labute approximate surface area is 76.2 Å². The van der Waals surface area contributed by atoms with E-state index in [0.717, 1.165) is 18.4 Å². The van der Waals surface area contributed by atoms with Crippen LogP contribution in [0.2, 0.25) is 0 Å². The van der Waals surface area contributed by atoms with Crippen LogP contribution in [0, 0.1) is 0 Å².